The number of ether oxygens (including phenoxy) is 2. The van der Waals surface area contributed by atoms with Crippen LogP contribution in [0.4, 0.5) is 13.6 Å². The van der Waals surface area contributed by atoms with Crippen LogP contribution in [-0.2, 0) is 14.3 Å². The van der Waals surface area contributed by atoms with Gasteiger partial charge in [-0.1, -0.05) is 44.2 Å². The van der Waals surface area contributed by atoms with Gasteiger partial charge in [0, 0.05) is 25.7 Å². The van der Waals surface area contributed by atoms with Crippen molar-refractivity contribution in [1.82, 2.24) is 20.3 Å². The summed E-state index contributed by atoms with van der Waals surface area (Å²) in [6, 6.07) is 11.1. The van der Waals surface area contributed by atoms with Crippen molar-refractivity contribution < 1.29 is 37.2 Å². The lowest BCUT2D eigenvalue weighted by Gasteiger charge is -2.33. The van der Waals surface area contributed by atoms with E-state index in [1.54, 1.807) is 40.1 Å². The van der Waals surface area contributed by atoms with Crippen LogP contribution in [0.2, 0.25) is 0 Å². The average molecular weight is 695 g/mol. The first-order valence-electron chi connectivity index (χ1n) is 17.4. The minimum atomic E-state index is -0.658. The van der Waals surface area contributed by atoms with Crippen LogP contribution in [0.1, 0.15) is 90.5 Å². The molecular formula is C38H48F2N4O6. The molecule has 0 saturated carbocycles. The fraction of sp³-hybridized carbons (Fsp3) is 0.526. The summed E-state index contributed by atoms with van der Waals surface area (Å²) in [7, 11) is 0. The van der Waals surface area contributed by atoms with Crippen molar-refractivity contribution in [3.63, 3.8) is 0 Å². The van der Waals surface area contributed by atoms with E-state index in [2.05, 4.69) is 10.5 Å². The number of piperidine rings is 1. The number of nitrogens with zero attached hydrogens (tertiary/aromatic N) is 3. The molecule has 3 atom stereocenters. The molecule has 5 rings (SSSR count). The molecular weight excluding hydrogens is 646 g/mol. The summed E-state index contributed by atoms with van der Waals surface area (Å²) in [4.78, 5) is 43.2. The number of halogens is 2. The summed E-state index contributed by atoms with van der Waals surface area (Å²) in [6.45, 7) is 13.2. The molecule has 2 saturated heterocycles. The van der Waals surface area contributed by atoms with E-state index in [1.807, 2.05) is 41.5 Å². The van der Waals surface area contributed by atoms with Crippen molar-refractivity contribution in [2.24, 2.45) is 11.8 Å². The lowest BCUT2D eigenvalue weighted by Crippen LogP contribution is -2.48. The van der Waals surface area contributed by atoms with Gasteiger partial charge in [0.25, 0.3) is 5.88 Å². The minimum Gasteiger partial charge on any atom is -0.475 e. The Kier molecular flexibility index (Phi) is 11.5. The van der Waals surface area contributed by atoms with E-state index in [0.717, 1.165) is 18.4 Å². The van der Waals surface area contributed by atoms with E-state index in [0.29, 0.717) is 56.3 Å². The van der Waals surface area contributed by atoms with Crippen LogP contribution in [0.25, 0.3) is 11.1 Å². The number of amides is 3. The third-order valence-electron chi connectivity index (χ3n) is 9.34. The molecule has 0 radical (unpaired) electrons. The highest BCUT2D eigenvalue weighted by Crippen LogP contribution is 2.33. The van der Waals surface area contributed by atoms with Crippen LogP contribution in [-0.4, -0.2) is 70.7 Å². The molecule has 3 unspecified atom stereocenters. The number of aromatic nitrogens is 1. The zero-order valence-corrected chi connectivity index (χ0v) is 29.7. The van der Waals surface area contributed by atoms with Crippen LogP contribution >= 0.6 is 0 Å². The Morgan fingerprint density at radius 1 is 0.980 bits per heavy atom. The van der Waals surface area contributed by atoms with E-state index >= 15 is 0 Å². The van der Waals surface area contributed by atoms with Gasteiger partial charge < -0.3 is 29.1 Å². The van der Waals surface area contributed by atoms with Crippen molar-refractivity contribution >= 4 is 17.9 Å². The topological polar surface area (TPSA) is 114 Å². The van der Waals surface area contributed by atoms with Gasteiger partial charge in [-0.2, -0.15) is 0 Å². The molecule has 10 nitrogen and oxygen atoms in total. The highest BCUT2D eigenvalue weighted by Gasteiger charge is 2.40. The number of benzene rings is 2. The van der Waals surface area contributed by atoms with Crippen LogP contribution < -0.4 is 10.1 Å². The van der Waals surface area contributed by atoms with Crippen molar-refractivity contribution in [2.75, 3.05) is 26.2 Å². The average Bonchev–Trinajstić information content (AvgIpc) is 3.74. The zero-order valence-electron chi connectivity index (χ0n) is 29.7. The van der Waals surface area contributed by atoms with E-state index in [-0.39, 0.29) is 35.3 Å². The number of rotatable bonds is 10. The summed E-state index contributed by atoms with van der Waals surface area (Å²) >= 11 is 0. The monoisotopic (exact) mass is 694 g/mol. The van der Waals surface area contributed by atoms with E-state index in [9.17, 15) is 23.2 Å². The molecule has 0 aliphatic carbocycles. The van der Waals surface area contributed by atoms with Gasteiger partial charge in [-0.25, -0.2) is 13.6 Å². The normalized spacial score (nSPS) is 18.2. The smallest absolute Gasteiger partial charge is 0.410 e. The fourth-order valence-corrected chi connectivity index (χ4v) is 6.62. The van der Waals surface area contributed by atoms with E-state index in [4.69, 9.17) is 14.0 Å². The number of nitrogens with one attached hydrogen (secondary N) is 1. The number of hydrogen-bond donors (Lipinski definition) is 1. The van der Waals surface area contributed by atoms with Gasteiger partial charge in [-0.05, 0) is 93.6 Å². The Labute approximate surface area is 292 Å². The highest BCUT2D eigenvalue weighted by molar-refractivity contribution is 5.91. The molecule has 1 aromatic heterocycles. The zero-order chi connectivity index (χ0) is 36.2. The van der Waals surface area contributed by atoms with Crippen molar-refractivity contribution in [3.8, 4) is 17.0 Å². The largest absolute Gasteiger partial charge is 0.475 e. The lowest BCUT2D eigenvalue weighted by atomic mass is 9.91. The number of likely N-dealkylation sites (tertiary alicyclic amines) is 2. The molecule has 3 aromatic rings. The molecule has 3 amide bonds. The summed E-state index contributed by atoms with van der Waals surface area (Å²) in [6.07, 6.45) is 2.45. The number of carbonyl (C=O) groups is 3. The standard InChI is InChI=1S/C38H48F2N4O6/c1-23(2)33(31-21-32(42-50-31)48-22-25-16-19-43(20-17-25)37(47)49-38(4,5)6)36(46)44-18-8-11-30(44)35(45)41-24(3)26-12-14-27(15-13-26)34-28(39)9-7-10-29(34)40/h7,9-10,12-15,21,23-25,30,33H,8,11,16-20,22H2,1-6H3,(H,41,45). The van der Waals surface area contributed by atoms with Crippen molar-refractivity contribution in [1.29, 1.82) is 0 Å². The van der Waals surface area contributed by atoms with E-state index < -0.39 is 35.2 Å². The Hall–Kier alpha value is -4.48. The third kappa shape index (κ3) is 8.81. The van der Waals surface area contributed by atoms with Gasteiger partial charge in [0.15, 0.2) is 5.76 Å². The molecule has 2 aliphatic rings. The molecule has 2 aromatic carbocycles. The van der Waals surface area contributed by atoms with E-state index in [1.165, 1.54) is 18.2 Å². The maximum Gasteiger partial charge on any atom is 0.410 e. The van der Waals surface area contributed by atoms with Crippen LogP contribution in [0.3, 0.4) is 0 Å². The van der Waals surface area contributed by atoms with Crippen LogP contribution in [0.15, 0.2) is 53.1 Å². The first kappa shape index (κ1) is 36.8. The minimum absolute atomic E-state index is 0.0987. The summed E-state index contributed by atoms with van der Waals surface area (Å²) < 4.78 is 45.6. The summed E-state index contributed by atoms with van der Waals surface area (Å²) in [5.41, 5.74) is 0.524. The first-order chi connectivity index (χ1) is 23.7. The number of hydrogen-bond acceptors (Lipinski definition) is 7. The molecule has 2 fully saturated rings. The predicted molar refractivity (Wildman–Crippen MR) is 183 cm³/mol. The van der Waals surface area contributed by atoms with Gasteiger partial charge >= 0.3 is 6.09 Å². The van der Waals surface area contributed by atoms with Gasteiger partial charge in [0.1, 0.15) is 29.2 Å². The SMILES string of the molecule is CC(NC(=O)C1CCCN1C(=O)C(c1cc(OCC2CCN(C(=O)OC(C)(C)C)CC2)no1)C(C)C)c1ccc(-c2c(F)cccc2F)cc1. The van der Waals surface area contributed by atoms with Crippen molar-refractivity contribution in [2.45, 2.75) is 90.8 Å². The first-order valence-corrected chi connectivity index (χ1v) is 17.4. The van der Waals surface area contributed by atoms with Gasteiger partial charge in [-0.3, -0.25) is 9.59 Å². The summed E-state index contributed by atoms with van der Waals surface area (Å²) in [5.74, 6) is -1.66. The molecule has 3 heterocycles. The van der Waals surface area contributed by atoms with Crippen LogP contribution in [0.5, 0.6) is 5.88 Å². The van der Waals surface area contributed by atoms with Crippen molar-refractivity contribution in [3.05, 3.63) is 71.5 Å². The molecule has 0 bridgehead atoms. The van der Waals surface area contributed by atoms with Gasteiger partial charge in [-0.15, -0.1) is 0 Å². The molecule has 270 valence electrons. The maximum absolute atomic E-state index is 14.3. The second kappa shape index (κ2) is 15.6. The lowest BCUT2D eigenvalue weighted by molar-refractivity contribution is -0.141. The Bertz CT molecular complexity index is 1630. The molecule has 50 heavy (non-hydrogen) atoms. The Morgan fingerprint density at radius 2 is 1.64 bits per heavy atom. The maximum atomic E-state index is 14.3. The fourth-order valence-electron chi connectivity index (χ4n) is 6.62. The molecule has 12 heteroatoms. The number of carbonyl (C=O) groups excluding carboxylic acids is 3. The summed E-state index contributed by atoms with van der Waals surface area (Å²) in [5, 5.41) is 7.10. The predicted octanol–water partition coefficient (Wildman–Crippen LogP) is 7.25. The second-order valence-corrected chi connectivity index (χ2v) is 14.6. The van der Waals surface area contributed by atoms with Gasteiger partial charge in [0.2, 0.25) is 11.8 Å². The molecule has 1 N–H and O–H groups in total. The quantitative estimate of drug-likeness (QED) is 0.238. The Morgan fingerprint density at radius 3 is 2.26 bits per heavy atom. The van der Waals surface area contributed by atoms with Crippen LogP contribution in [0, 0.1) is 23.5 Å². The second-order valence-electron chi connectivity index (χ2n) is 14.6. The molecule has 0 spiro atoms. The molecule has 2 aliphatic heterocycles. The Balaban J connectivity index is 1.16. The highest BCUT2D eigenvalue weighted by atomic mass is 19.1. The third-order valence-corrected chi connectivity index (χ3v) is 9.34. The van der Waals surface area contributed by atoms with Gasteiger partial charge in [0.05, 0.1) is 18.2 Å².